The van der Waals surface area contributed by atoms with Crippen LogP contribution in [0.25, 0.3) is 17.0 Å². The number of hydrogen-bond acceptors (Lipinski definition) is 5. The summed E-state index contributed by atoms with van der Waals surface area (Å²) in [5.41, 5.74) is 2.04. The normalized spacial score (nSPS) is 10.8. The highest BCUT2D eigenvalue weighted by atomic mass is 35.5. The summed E-state index contributed by atoms with van der Waals surface area (Å²) >= 11 is 6.01. The van der Waals surface area contributed by atoms with Gasteiger partial charge in [-0.3, -0.25) is 9.78 Å². The maximum absolute atomic E-state index is 11.9. The number of para-hydroxylation sites is 1. The predicted octanol–water partition coefficient (Wildman–Crippen LogP) is 4.09. The number of carbonyl (C=O) groups excluding carboxylic acids is 2. The third-order valence-electron chi connectivity index (χ3n) is 3.84. The lowest BCUT2D eigenvalue weighted by Crippen LogP contribution is -2.20. The second-order valence-electron chi connectivity index (χ2n) is 5.76. The summed E-state index contributed by atoms with van der Waals surface area (Å²) in [6.07, 6.45) is 4.56. The summed E-state index contributed by atoms with van der Waals surface area (Å²) in [5, 5.41) is 3.93. The number of benzene rings is 2. The van der Waals surface area contributed by atoms with Gasteiger partial charge in [0.05, 0.1) is 17.6 Å². The summed E-state index contributed by atoms with van der Waals surface area (Å²) in [6, 6.07) is 14.3. The fraction of sp³-hybridized carbons (Fsp3) is 0.0952. The summed E-state index contributed by atoms with van der Waals surface area (Å²) in [5.74, 6) is -0.607. The van der Waals surface area contributed by atoms with Gasteiger partial charge in [-0.15, -0.1) is 0 Å². The van der Waals surface area contributed by atoms with Crippen molar-refractivity contribution in [3.63, 3.8) is 0 Å². The van der Waals surface area contributed by atoms with Gasteiger partial charge in [-0.2, -0.15) is 0 Å². The Hall–Kier alpha value is -3.38. The standard InChI is InChI=1S/C21H17ClN2O4/c1-27-18-9-8-16(12-17(18)22)24-19(25)13-28-20(26)10-7-15-5-2-4-14-6-3-11-23-21(14)15/h2-12H,13H2,1H3,(H,24,25)/b10-7+. The number of halogens is 1. The summed E-state index contributed by atoms with van der Waals surface area (Å²) in [6.45, 7) is -0.416. The largest absolute Gasteiger partial charge is 0.495 e. The number of amides is 1. The van der Waals surface area contributed by atoms with Crippen LogP contribution in [0.1, 0.15) is 5.56 Å². The van der Waals surface area contributed by atoms with E-state index in [9.17, 15) is 9.59 Å². The number of carbonyl (C=O) groups is 2. The first-order valence-electron chi connectivity index (χ1n) is 8.39. The van der Waals surface area contributed by atoms with Gasteiger partial charge in [-0.1, -0.05) is 35.9 Å². The molecule has 6 nitrogen and oxygen atoms in total. The predicted molar refractivity (Wildman–Crippen MR) is 108 cm³/mol. The Bertz CT molecular complexity index is 1040. The molecule has 1 amide bonds. The van der Waals surface area contributed by atoms with E-state index in [1.807, 2.05) is 30.3 Å². The molecule has 3 rings (SSSR count). The number of esters is 1. The van der Waals surface area contributed by atoms with E-state index in [0.29, 0.717) is 16.5 Å². The van der Waals surface area contributed by atoms with Gasteiger partial charge in [-0.05, 0) is 30.3 Å². The minimum Gasteiger partial charge on any atom is -0.495 e. The van der Waals surface area contributed by atoms with Gasteiger partial charge in [0.15, 0.2) is 6.61 Å². The summed E-state index contributed by atoms with van der Waals surface area (Å²) < 4.78 is 10.0. The molecule has 0 saturated carbocycles. The van der Waals surface area contributed by atoms with Gasteiger partial charge in [-0.25, -0.2) is 4.79 Å². The van der Waals surface area contributed by atoms with Crippen molar-refractivity contribution < 1.29 is 19.1 Å². The lowest BCUT2D eigenvalue weighted by Gasteiger charge is -2.08. The van der Waals surface area contributed by atoms with E-state index >= 15 is 0 Å². The first-order chi connectivity index (χ1) is 13.6. The summed E-state index contributed by atoms with van der Waals surface area (Å²) in [4.78, 5) is 28.1. The van der Waals surface area contributed by atoms with E-state index in [1.165, 1.54) is 13.2 Å². The van der Waals surface area contributed by atoms with Crippen LogP contribution in [0.4, 0.5) is 5.69 Å². The smallest absolute Gasteiger partial charge is 0.331 e. The lowest BCUT2D eigenvalue weighted by molar-refractivity contribution is -0.142. The van der Waals surface area contributed by atoms with Crippen molar-refractivity contribution in [3.05, 3.63) is 71.4 Å². The van der Waals surface area contributed by atoms with E-state index < -0.39 is 18.5 Å². The van der Waals surface area contributed by atoms with E-state index in [-0.39, 0.29) is 0 Å². The Morgan fingerprint density at radius 1 is 1.18 bits per heavy atom. The molecule has 2 aromatic carbocycles. The average molecular weight is 397 g/mol. The molecule has 1 heterocycles. The van der Waals surface area contributed by atoms with Crippen molar-refractivity contribution >= 4 is 46.1 Å². The Labute approximate surface area is 166 Å². The fourth-order valence-electron chi connectivity index (χ4n) is 2.55. The Morgan fingerprint density at radius 2 is 2.00 bits per heavy atom. The van der Waals surface area contributed by atoms with Crippen molar-refractivity contribution in [3.8, 4) is 5.75 Å². The van der Waals surface area contributed by atoms with E-state index in [2.05, 4.69) is 10.3 Å². The number of nitrogens with zero attached hydrogens (tertiary/aromatic N) is 1. The fourth-order valence-corrected chi connectivity index (χ4v) is 2.80. The van der Waals surface area contributed by atoms with Crippen LogP contribution in [0, 0.1) is 0 Å². The van der Waals surface area contributed by atoms with E-state index in [0.717, 1.165) is 16.5 Å². The van der Waals surface area contributed by atoms with Crippen LogP contribution in [0.15, 0.2) is 60.8 Å². The number of anilines is 1. The molecule has 7 heteroatoms. The molecule has 142 valence electrons. The Balaban J connectivity index is 1.55. The van der Waals surface area contributed by atoms with Gasteiger partial charge < -0.3 is 14.8 Å². The van der Waals surface area contributed by atoms with Crippen molar-refractivity contribution in [2.24, 2.45) is 0 Å². The summed E-state index contributed by atoms with van der Waals surface area (Å²) in [7, 11) is 1.50. The second-order valence-corrected chi connectivity index (χ2v) is 6.17. The molecular weight excluding hydrogens is 380 g/mol. The number of nitrogens with one attached hydrogen (secondary N) is 1. The molecule has 0 saturated heterocycles. The molecular formula is C21H17ClN2O4. The SMILES string of the molecule is COc1ccc(NC(=O)COC(=O)/C=C/c2cccc3cccnc23)cc1Cl. The number of hydrogen-bond donors (Lipinski definition) is 1. The number of pyridine rings is 1. The molecule has 0 radical (unpaired) electrons. The first-order valence-corrected chi connectivity index (χ1v) is 8.76. The van der Waals surface area contributed by atoms with Crippen LogP contribution in [0.5, 0.6) is 5.75 Å². The maximum atomic E-state index is 11.9. The van der Waals surface area contributed by atoms with Gasteiger partial charge >= 0.3 is 5.97 Å². The molecule has 0 aliphatic carbocycles. The van der Waals surface area contributed by atoms with Crippen LogP contribution in [-0.4, -0.2) is 30.6 Å². The van der Waals surface area contributed by atoms with Crippen molar-refractivity contribution in [2.75, 3.05) is 19.0 Å². The quantitative estimate of drug-likeness (QED) is 0.501. The molecule has 0 unspecified atom stereocenters. The molecule has 0 atom stereocenters. The van der Waals surface area contributed by atoms with Crippen LogP contribution in [-0.2, 0) is 14.3 Å². The molecule has 0 aliphatic rings. The molecule has 3 aromatic rings. The maximum Gasteiger partial charge on any atom is 0.331 e. The minimum absolute atomic E-state index is 0.365. The van der Waals surface area contributed by atoms with Gasteiger partial charge in [0.2, 0.25) is 0 Å². The van der Waals surface area contributed by atoms with Crippen molar-refractivity contribution in [1.82, 2.24) is 4.98 Å². The van der Waals surface area contributed by atoms with Crippen LogP contribution >= 0.6 is 11.6 Å². The highest BCUT2D eigenvalue weighted by Gasteiger charge is 2.08. The van der Waals surface area contributed by atoms with Crippen LogP contribution in [0.2, 0.25) is 5.02 Å². The number of fused-ring (bicyclic) bond motifs is 1. The van der Waals surface area contributed by atoms with Crippen LogP contribution < -0.4 is 10.1 Å². The second kappa shape index (κ2) is 9.01. The topological polar surface area (TPSA) is 77.5 Å². The van der Waals surface area contributed by atoms with E-state index in [4.69, 9.17) is 21.1 Å². The molecule has 1 N–H and O–H groups in total. The number of rotatable bonds is 6. The highest BCUT2D eigenvalue weighted by Crippen LogP contribution is 2.27. The Morgan fingerprint density at radius 3 is 2.79 bits per heavy atom. The zero-order valence-electron chi connectivity index (χ0n) is 15.0. The molecule has 0 bridgehead atoms. The van der Waals surface area contributed by atoms with Gasteiger partial charge in [0.25, 0.3) is 5.91 Å². The van der Waals surface area contributed by atoms with Crippen molar-refractivity contribution in [2.45, 2.75) is 0 Å². The highest BCUT2D eigenvalue weighted by molar-refractivity contribution is 6.32. The number of methoxy groups -OCH3 is 1. The van der Waals surface area contributed by atoms with Crippen LogP contribution in [0.3, 0.4) is 0 Å². The van der Waals surface area contributed by atoms with Crippen molar-refractivity contribution in [1.29, 1.82) is 0 Å². The zero-order valence-corrected chi connectivity index (χ0v) is 15.8. The molecule has 28 heavy (non-hydrogen) atoms. The minimum atomic E-state index is -0.629. The lowest BCUT2D eigenvalue weighted by atomic mass is 10.1. The Kier molecular flexibility index (Phi) is 6.24. The molecule has 0 spiro atoms. The third kappa shape index (κ3) is 4.86. The third-order valence-corrected chi connectivity index (χ3v) is 4.14. The van der Waals surface area contributed by atoms with E-state index in [1.54, 1.807) is 30.5 Å². The van der Waals surface area contributed by atoms with Gasteiger partial charge in [0, 0.05) is 28.9 Å². The zero-order chi connectivity index (χ0) is 19.9. The number of aromatic nitrogens is 1. The first kappa shape index (κ1) is 19.4. The molecule has 0 aliphatic heterocycles. The average Bonchev–Trinajstić information content (AvgIpc) is 2.71. The van der Waals surface area contributed by atoms with Gasteiger partial charge in [0.1, 0.15) is 5.75 Å². The molecule has 0 fully saturated rings. The molecule has 1 aromatic heterocycles. The number of ether oxygens (including phenoxy) is 2. The monoisotopic (exact) mass is 396 g/mol.